The number of carbonyl (C=O) groups is 3. The van der Waals surface area contributed by atoms with E-state index in [0.29, 0.717) is 19.4 Å². The van der Waals surface area contributed by atoms with Gasteiger partial charge in [-0.2, -0.15) is 0 Å². The topological polar surface area (TPSA) is 107 Å². The van der Waals surface area contributed by atoms with E-state index in [1.165, 1.54) is 4.90 Å². The van der Waals surface area contributed by atoms with Crippen LogP contribution >= 0.6 is 0 Å². The Bertz CT molecular complexity index is 709. The van der Waals surface area contributed by atoms with Crippen LogP contribution in [0, 0.1) is 11.8 Å². The van der Waals surface area contributed by atoms with Crippen LogP contribution in [-0.2, 0) is 19.1 Å². The van der Waals surface area contributed by atoms with Crippen LogP contribution in [0.15, 0.2) is 12.7 Å². The third-order valence-corrected chi connectivity index (χ3v) is 6.69. The molecule has 8 nitrogen and oxygen atoms in total. The summed E-state index contributed by atoms with van der Waals surface area (Å²) in [5.74, 6) is -3.73. The van der Waals surface area contributed by atoms with Crippen molar-refractivity contribution >= 4 is 17.8 Å². The molecule has 0 radical (unpaired) electrons. The quantitative estimate of drug-likeness (QED) is 0.614. The molecule has 2 bridgehead atoms. The van der Waals surface area contributed by atoms with Crippen LogP contribution < -0.4 is 0 Å². The largest absolute Gasteiger partial charge is 0.481 e. The van der Waals surface area contributed by atoms with Gasteiger partial charge in [-0.1, -0.05) is 6.08 Å². The van der Waals surface area contributed by atoms with Crippen molar-refractivity contribution in [2.45, 2.75) is 69.9 Å². The second kappa shape index (κ2) is 6.84. The highest BCUT2D eigenvalue weighted by Gasteiger charge is 2.78. The molecular formula is C20H30N2O6. The van der Waals surface area contributed by atoms with Gasteiger partial charge in [0, 0.05) is 12.6 Å². The molecule has 1 spiro atoms. The first-order valence-electron chi connectivity index (χ1n) is 9.83. The number of ether oxygens (including phenoxy) is 1. The zero-order chi connectivity index (χ0) is 21.0. The van der Waals surface area contributed by atoms with E-state index in [0.717, 1.165) is 0 Å². The Kier molecular flexibility index (Phi) is 5.08. The molecule has 3 fully saturated rings. The van der Waals surface area contributed by atoms with Gasteiger partial charge in [0.15, 0.2) is 0 Å². The van der Waals surface area contributed by atoms with Gasteiger partial charge in [-0.15, -0.1) is 6.58 Å². The minimum Gasteiger partial charge on any atom is -0.481 e. The number of hydrogen-bond acceptors (Lipinski definition) is 5. The summed E-state index contributed by atoms with van der Waals surface area (Å²) in [6.45, 7) is 10.8. The van der Waals surface area contributed by atoms with Crippen molar-refractivity contribution in [1.29, 1.82) is 0 Å². The van der Waals surface area contributed by atoms with Gasteiger partial charge in [0.1, 0.15) is 11.6 Å². The fraction of sp³-hybridized carbons (Fsp3) is 0.750. The van der Waals surface area contributed by atoms with Crippen LogP contribution in [0.5, 0.6) is 0 Å². The minimum atomic E-state index is -1.18. The molecule has 156 valence electrons. The predicted molar refractivity (Wildman–Crippen MR) is 100 cm³/mol. The Labute approximate surface area is 165 Å². The number of aliphatic hydroxyl groups excluding tert-OH is 1. The number of likely N-dealkylation sites (tertiary alicyclic amines) is 1. The van der Waals surface area contributed by atoms with E-state index in [9.17, 15) is 24.6 Å². The molecule has 8 heteroatoms. The average molecular weight is 394 g/mol. The number of fused-ring (bicyclic) bond motifs is 1. The molecule has 0 aromatic rings. The number of amides is 2. The number of rotatable bonds is 7. The molecule has 3 aliphatic heterocycles. The molecule has 6 atom stereocenters. The summed E-state index contributed by atoms with van der Waals surface area (Å²) < 4.78 is 6.28. The maximum atomic E-state index is 13.6. The lowest BCUT2D eigenvalue weighted by Crippen LogP contribution is -2.59. The first-order valence-corrected chi connectivity index (χ1v) is 9.83. The van der Waals surface area contributed by atoms with Crippen LogP contribution in [0.2, 0.25) is 0 Å². The van der Waals surface area contributed by atoms with Crippen LogP contribution in [-0.4, -0.2) is 80.3 Å². The van der Waals surface area contributed by atoms with Crippen LogP contribution in [0.3, 0.4) is 0 Å². The summed E-state index contributed by atoms with van der Waals surface area (Å²) in [7, 11) is 0. The third kappa shape index (κ3) is 2.61. The highest BCUT2D eigenvalue weighted by molar-refractivity contribution is 5.98. The maximum Gasteiger partial charge on any atom is 0.310 e. The van der Waals surface area contributed by atoms with Gasteiger partial charge < -0.3 is 24.7 Å². The Hall–Kier alpha value is -1.93. The number of carbonyl (C=O) groups excluding carboxylic acids is 2. The SMILES string of the molecule is C=CCN(C(=O)C1N([C@H](C)CO)C(=O)[C@@H]2[C@H](C(=O)O)[C@]3(C)CCC12O3)C(C)C. The first kappa shape index (κ1) is 20.8. The zero-order valence-corrected chi connectivity index (χ0v) is 16.9. The van der Waals surface area contributed by atoms with Gasteiger partial charge in [0.25, 0.3) is 0 Å². The molecule has 0 aromatic heterocycles. The van der Waals surface area contributed by atoms with Crippen LogP contribution in [0.4, 0.5) is 0 Å². The van der Waals surface area contributed by atoms with Crippen LogP contribution in [0.1, 0.15) is 40.5 Å². The number of hydrogen-bond donors (Lipinski definition) is 2. The normalized spacial score (nSPS) is 37.3. The fourth-order valence-electron chi connectivity index (χ4n) is 5.43. The predicted octanol–water partition coefficient (Wildman–Crippen LogP) is 0.640. The highest BCUT2D eigenvalue weighted by Crippen LogP contribution is 2.63. The maximum absolute atomic E-state index is 13.6. The summed E-state index contributed by atoms with van der Waals surface area (Å²) in [6.07, 6.45) is 2.54. The molecule has 3 aliphatic rings. The molecule has 28 heavy (non-hydrogen) atoms. The lowest BCUT2D eigenvalue weighted by atomic mass is 9.66. The monoisotopic (exact) mass is 394 g/mol. The van der Waals surface area contributed by atoms with Crippen molar-refractivity contribution < 1.29 is 29.3 Å². The summed E-state index contributed by atoms with van der Waals surface area (Å²) >= 11 is 0. The van der Waals surface area contributed by atoms with E-state index >= 15 is 0 Å². The van der Waals surface area contributed by atoms with Gasteiger partial charge in [0.05, 0.1) is 30.1 Å². The molecule has 2 N–H and O–H groups in total. The van der Waals surface area contributed by atoms with Crippen LogP contribution in [0.25, 0.3) is 0 Å². The summed E-state index contributed by atoms with van der Waals surface area (Å²) in [6, 6.07) is -1.71. The highest BCUT2D eigenvalue weighted by atomic mass is 16.5. The average Bonchev–Trinajstić information content (AvgIpc) is 3.19. The number of carboxylic acids is 1. The van der Waals surface area contributed by atoms with Crippen molar-refractivity contribution in [2.75, 3.05) is 13.2 Å². The smallest absolute Gasteiger partial charge is 0.310 e. The number of aliphatic carboxylic acids is 1. The molecule has 3 saturated heterocycles. The molecule has 0 saturated carbocycles. The van der Waals surface area contributed by atoms with Gasteiger partial charge in [-0.3, -0.25) is 14.4 Å². The van der Waals surface area contributed by atoms with Crippen molar-refractivity contribution in [3.63, 3.8) is 0 Å². The Morgan fingerprint density at radius 1 is 1.39 bits per heavy atom. The number of carboxylic acid groups (broad SMARTS) is 1. The van der Waals surface area contributed by atoms with Crippen molar-refractivity contribution in [2.24, 2.45) is 11.8 Å². The molecule has 3 heterocycles. The third-order valence-electron chi connectivity index (χ3n) is 6.69. The van der Waals surface area contributed by atoms with Crippen molar-refractivity contribution in [3.05, 3.63) is 12.7 Å². The van der Waals surface area contributed by atoms with E-state index in [1.807, 2.05) is 13.8 Å². The van der Waals surface area contributed by atoms with E-state index in [4.69, 9.17) is 4.74 Å². The molecule has 0 aliphatic carbocycles. The molecule has 2 unspecified atom stereocenters. The number of nitrogens with zero attached hydrogens (tertiary/aromatic N) is 2. The number of aliphatic hydroxyl groups is 1. The molecule has 3 rings (SSSR count). The second-order valence-electron chi connectivity index (χ2n) is 8.72. The van der Waals surface area contributed by atoms with Gasteiger partial charge in [-0.25, -0.2) is 0 Å². The Balaban J connectivity index is 2.13. The van der Waals surface area contributed by atoms with Gasteiger partial charge in [0.2, 0.25) is 11.8 Å². The summed E-state index contributed by atoms with van der Waals surface area (Å²) in [4.78, 5) is 42.0. The van der Waals surface area contributed by atoms with Gasteiger partial charge in [-0.05, 0) is 40.5 Å². The summed E-state index contributed by atoms with van der Waals surface area (Å²) in [5, 5.41) is 19.6. The Morgan fingerprint density at radius 3 is 2.54 bits per heavy atom. The molecule has 0 aromatic carbocycles. The Morgan fingerprint density at radius 2 is 2.04 bits per heavy atom. The van der Waals surface area contributed by atoms with E-state index in [1.54, 1.807) is 24.8 Å². The zero-order valence-electron chi connectivity index (χ0n) is 16.9. The lowest BCUT2D eigenvalue weighted by molar-refractivity contribution is -0.158. The van der Waals surface area contributed by atoms with Crippen molar-refractivity contribution in [1.82, 2.24) is 9.80 Å². The van der Waals surface area contributed by atoms with Crippen molar-refractivity contribution in [3.8, 4) is 0 Å². The second-order valence-corrected chi connectivity index (χ2v) is 8.72. The van der Waals surface area contributed by atoms with E-state index in [2.05, 4.69) is 6.58 Å². The fourth-order valence-corrected chi connectivity index (χ4v) is 5.43. The molecular weight excluding hydrogens is 364 g/mol. The first-order chi connectivity index (χ1) is 13.1. The standard InChI is InChI=1S/C20H30N2O6/c1-6-9-21(11(2)3)17(25)15-20-8-7-19(5,28-20)14(18(26)27)13(20)16(24)22(15)12(4)10-23/h6,11-15,23H,1,7-10H2,2-5H3,(H,26,27)/t12-,13+,14-,15?,19+,20?/m1/s1. The van der Waals surface area contributed by atoms with E-state index < -0.39 is 47.0 Å². The summed E-state index contributed by atoms with van der Waals surface area (Å²) in [5.41, 5.74) is -2.15. The minimum absolute atomic E-state index is 0.133. The van der Waals surface area contributed by atoms with E-state index in [-0.39, 0.29) is 18.6 Å². The van der Waals surface area contributed by atoms with Gasteiger partial charge >= 0.3 is 5.97 Å². The molecule has 2 amide bonds. The lowest BCUT2D eigenvalue weighted by Gasteiger charge is -2.39.